The second-order valence-electron chi connectivity index (χ2n) is 9.48. The van der Waals surface area contributed by atoms with E-state index in [4.69, 9.17) is 13.8 Å². The van der Waals surface area contributed by atoms with Gasteiger partial charge >= 0.3 is 0 Å². The molecule has 2 amide bonds. The van der Waals surface area contributed by atoms with Crippen LogP contribution >= 0.6 is 22.7 Å². The fourth-order valence-corrected chi connectivity index (χ4v) is 6.94. The first-order chi connectivity index (χ1) is 18.9. The smallest absolute Gasteiger partial charge is 0.265 e. The molecule has 1 atom stereocenters. The van der Waals surface area contributed by atoms with Crippen molar-refractivity contribution < 1.29 is 18.4 Å². The third-order valence-corrected chi connectivity index (χ3v) is 8.87. The van der Waals surface area contributed by atoms with Crippen molar-refractivity contribution in [3.63, 3.8) is 0 Å². The van der Waals surface area contributed by atoms with Gasteiger partial charge in [-0.3, -0.25) is 9.59 Å². The van der Waals surface area contributed by atoms with Crippen molar-refractivity contribution in [3.05, 3.63) is 59.1 Å². The Hall–Kier alpha value is -4.29. The topological polar surface area (TPSA) is 126 Å². The number of thiophene rings is 1. The third-order valence-electron chi connectivity index (χ3n) is 6.65. The van der Waals surface area contributed by atoms with E-state index >= 15 is 0 Å². The molecule has 5 heterocycles. The molecule has 4 aromatic heterocycles. The van der Waals surface area contributed by atoms with Gasteiger partial charge in [0, 0.05) is 44.4 Å². The van der Waals surface area contributed by atoms with E-state index in [9.17, 15) is 9.59 Å². The molecule has 12 heteroatoms. The highest BCUT2D eigenvalue weighted by Gasteiger charge is 2.30. The van der Waals surface area contributed by atoms with Crippen molar-refractivity contribution in [2.45, 2.75) is 20.3 Å². The van der Waals surface area contributed by atoms with Crippen LogP contribution in [0, 0.1) is 19.8 Å². The SMILES string of the molecule is Cc1nc2cc(NC(=O)c3cc4sc(N5CC[C@@H](C(=O)Nc6ccc7nc(C)oc7c6)C5)nc4s3)ccc2o1. The lowest BCUT2D eigenvalue weighted by Crippen LogP contribution is -2.26. The quantitative estimate of drug-likeness (QED) is 0.265. The van der Waals surface area contributed by atoms with Gasteiger partial charge in [0.15, 0.2) is 28.1 Å². The minimum Gasteiger partial charge on any atom is -0.441 e. The van der Waals surface area contributed by atoms with Crippen LogP contribution in [-0.4, -0.2) is 39.9 Å². The number of amides is 2. The van der Waals surface area contributed by atoms with Crippen molar-refractivity contribution in [1.29, 1.82) is 0 Å². The highest BCUT2D eigenvalue weighted by molar-refractivity contribution is 7.29. The number of rotatable bonds is 5. The Bertz CT molecular complexity index is 1870. The molecule has 1 fully saturated rings. The molecule has 0 unspecified atom stereocenters. The van der Waals surface area contributed by atoms with Crippen molar-refractivity contribution >= 4 is 82.7 Å². The van der Waals surface area contributed by atoms with Crippen LogP contribution in [0.2, 0.25) is 0 Å². The number of hydrogen-bond donors (Lipinski definition) is 2. The summed E-state index contributed by atoms with van der Waals surface area (Å²) in [5.74, 6) is 0.813. The number of nitrogens with zero attached hydrogens (tertiary/aromatic N) is 4. The highest BCUT2D eigenvalue weighted by atomic mass is 32.1. The Morgan fingerprint density at radius 1 is 0.897 bits per heavy atom. The van der Waals surface area contributed by atoms with Gasteiger partial charge in [-0.2, -0.15) is 0 Å². The minimum atomic E-state index is -0.192. The number of thiazole rings is 1. The molecular weight excluding hydrogens is 536 g/mol. The van der Waals surface area contributed by atoms with Crippen LogP contribution in [0.4, 0.5) is 16.5 Å². The van der Waals surface area contributed by atoms with Crippen LogP contribution in [-0.2, 0) is 4.79 Å². The first-order valence-corrected chi connectivity index (χ1v) is 14.0. The van der Waals surface area contributed by atoms with Gasteiger partial charge in [-0.1, -0.05) is 11.3 Å². The Balaban J connectivity index is 1.00. The van der Waals surface area contributed by atoms with Gasteiger partial charge in [0.25, 0.3) is 5.91 Å². The number of carbonyl (C=O) groups excluding carboxylic acids is 2. The molecule has 0 aliphatic carbocycles. The Kier molecular flexibility index (Phi) is 5.60. The number of fused-ring (bicyclic) bond motifs is 3. The second-order valence-corrected chi connectivity index (χ2v) is 11.5. The summed E-state index contributed by atoms with van der Waals surface area (Å²) >= 11 is 2.89. The van der Waals surface area contributed by atoms with E-state index in [0.717, 1.165) is 33.1 Å². The number of benzene rings is 2. The fraction of sp³-hybridized carbons (Fsp3) is 0.222. The molecule has 10 nitrogen and oxygen atoms in total. The third kappa shape index (κ3) is 4.51. The molecule has 0 saturated carbocycles. The lowest BCUT2D eigenvalue weighted by Gasteiger charge is -2.15. The maximum absolute atomic E-state index is 12.9. The van der Waals surface area contributed by atoms with Gasteiger partial charge < -0.3 is 24.4 Å². The number of oxazole rings is 2. The zero-order valence-corrected chi connectivity index (χ0v) is 22.6. The molecule has 1 aliphatic heterocycles. The van der Waals surface area contributed by atoms with Gasteiger partial charge in [0.2, 0.25) is 5.91 Å². The van der Waals surface area contributed by atoms with Crippen molar-refractivity contribution in [1.82, 2.24) is 15.0 Å². The number of carbonyl (C=O) groups is 2. The maximum atomic E-state index is 12.9. The maximum Gasteiger partial charge on any atom is 0.265 e. The highest BCUT2D eigenvalue weighted by Crippen LogP contribution is 2.37. The summed E-state index contributed by atoms with van der Waals surface area (Å²) in [4.78, 5) is 42.7. The van der Waals surface area contributed by atoms with Crippen LogP contribution in [0.25, 0.3) is 31.7 Å². The minimum absolute atomic E-state index is 0.0237. The summed E-state index contributed by atoms with van der Waals surface area (Å²) in [6.07, 6.45) is 0.742. The second kappa shape index (κ2) is 9.17. The standard InChI is InChI=1S/C27H22N6O4S2/c1-13-28-18-5-3-17(10-21(18)37-13)30-24(34)15-7-8-33(12-15)27-32-26-23(39-27)11-22(38-26)25(35)31-16-4-6-20-19(9-16)29-14(2)36-20/h3-6,9-11,15H,7-8,12H2,1-2H3,(H,30,34)(H,31,35)/t15-/m1/s1. The molecule has 2 aromatic carbocycles. The first-order valence-electron chi connectivity index (χ1n) is 12.4. The number of anilines is 3. The zero-order chi connectivity index (χ0) is 26.7. The number of hydrogen-bond acceptors (Lipinski definition) is 10. The van der Waals surface area contributed by atoms with E-state index in [-0.39, 0.29) is 17.7 Å². The van der Waals surface area contributed by atoms with Gasteiger partial charge in [0.1, 0.15) is 15.9 Å². The Labute approximate surface area is 229 Å². The van der Waals surface area contributed by atoms with Crippen LogP contribution in [0.5, 0.6) is 0 Å². The van der Waals surface area contributed by atoms with E-state index < -0.39 is 0 Å². The van der Waals surface area contributed by atoms with Crippen molar-refractivity contribution in [2.75, 3.05) is 28.6 Å². The lowest BCUT2D eigenvalue weighted by atomic mass is 10.1. The summed E-state index contributed by atoms with van der Waals surface area (Å²) < 4.78 is 12.0. The first kappa shape index (κ1) is 23.8. The Morgan fingerprint density at radius 3 is 2.51 bits per heavy atom. The van der Waals surface area contributed by atoms with E-state index in [1.807, 2.05) is 18.2 Å². The molecule has 6 aromatic rings. The molecule has 0 bridgehead atoms. The predicted molar refractivity (Wildman–Crippen MR) is 152 cm³/mol. The molecule has 1 saturated heterocycles. The van der Waals surface area contributed by atoms with Crippen LogP contribution in [0.1, 0.15) is 27.9 Å². The fourth-order valence-electron chi connectivity index (χ4n) is 4.79. The number of aryl methyl sites for hydroxylation is 2. The summed E-state index contributed by atoms with van der Waals surface area (Å²) in [6.45, 7) is 4.92. The van der Waals surface area contributed by atoms with Gasteiger partial charge in [-0.25, -0.2) is 15.0 Å². The van der Waals surface area contributed by atoms with Crippen LogP contribution in [0.3, 0.4) is 0 Å². The van der Waals surface area contributed by atoms with E-state index in [0.29, 0.717) is 51.3 Å². The zero-order valence-electron chi connectivity index (χ0n) is 21.0. The molecule has 0 spiro atoms. The largest absolute Gasteiger partial charge is 0.441 e. The van der Waals surface area contributed by atoms with Crippen LogP contribution in [0.15, 0.2) is 51.3 Å². The number of nitrogens with one attached hydrogen (secondary N) is 2. The molecule has 2 N–H and O–H groups in total. The van der Waals surface area contributed by atoms with E-state index in [1.165, 1.54) is 22.7 Å². The molecule has 196 valence electrons. The van der Waals surface area contributed by atoms with Gasteiger partial charge in [-0.15, -0.1) is 11.3 Å². The van der Waals surface area contributed by atoms with E-state index in [2.05, 4.69) is 25.5 Å². The molecule has 0 radical (unpaired) electrons. The van der Waals surface area contributed by atoms with Crippen LogP contribution < -0.4 is 15.5 Å². The molecular formula is C27H22N6O4S2. The summed E-state index contributed by atoms with van der Waals surface area (Å²) in [5.41, 5.74) is 4.16. The monoisotopic (exact) mass is 558 g/mol. The van der Waals surface area contributed by atoms with E-state index in [1.54, 1.807) is 38.1 Å². The van der Waals surface area contributed by atoms with Crippen molar-refractivity contribution in [3.8, 4) is 0 Å². The average molecular weight is 559 g/mol. The summed E-state index contributed by atoms with van der Waals surface area (Å²) in [6, 6.07) is 12.7. The molecule has 39 heavy (non-hydrogen) atoms. The summed E-state index contributed by atoms with van der Waals surface area (Å²) in [7, 11) is 0. The normalized spacial score (nSPS) is 15.5. The predicted octanol–water partition coefficient (Wildman–Crippen LogP) is 5.97. The Morgan fingerprint density at radius 2 is 1.67 bits per heavy atom. The number of aromatic nitrogens is 3. The summed E-state index contributed by atoms with van der Waals surface area (Å²) in [5, 5.41) is 6.80. The lowest BCUT2D eigenvalue weighted by molar-refractivity contribution is -0.119. The van der Waals surface area contributed by atoms with Gasteiger partial charge in [0.05, 0.1) is 15.5 Å². The molecule has 1 aliphatic rings. The van der Waals surface area contributed by atoms with Crippen molar-refractivity contribution in [2.24, 2.45) is 5.92 Å². The average Bonchev–Trinajstić information content (AvgIpc) is 3.69. The molecule has 7 rings (SSSR count). The van der Waals surface area contributed by atoms with Gasteiger partial charge in [-0.05, 0) is 42.8 Å².